The smallest absolute Gasteiger partial charge is 0.220 e. The lowest BCUT2D eigenvalue weighted by Crippen LogP contribution is -2.36. The summed E-state index contributed by atoms with van der Waals surface area (Å²) in [6.45, 7) is 5.71. The van der Waals surface area contributed by atoms with E-state index in [9.17, 15) is 4.79 Å². The molecule has 0 aromatic heterocycles. The monoisotopic (exact) mass is 275 g/mol. The average molecular weight is 276 g/mol. The molecule has 3 nitrogen and oxygen atoms in total. The van der Waals surface area contributed by atoms with Gasteiger partial charge in [-0.2, -0.15) is 0 Å². The van der Waals surface area contributed by atoms with E-state index >= 15 is 0 Å². The minimum atomic E-state index is 0.188. The Hall–Kier alpha value is -0.280. The van der Waals surface area contributed by atoms with Crippen LogP contribution in [0.5, 0.6) is 0 Å². The highest BCUT2D eigenvalue weighted by molar-refractivity contribution is 6.18. The molecule has 4 heteroatoms. The molecular weight excluding hydrogens is 250 g/mol. The van der Waals surface area contributed by atoms with E-state index in [0.717, 1.165) is 38.8 Å². The Morgan fingerprint density at radius 1 is 1.50 bits per heavy atom. The summed E-state index contributed by atoms with van der Waals surface area (Å²) in [6.07, 6.45) is 5.26. The van der Waals surface area contributed by atoms with Crippen molar-refractivity contribution in [2.45, 2.75) is 52.1 Å². The van der Waals surface area contributed by atoms with Crippen molar-refractivity contribution in [3.63, 3.8) is 0 Å². The number of rotatable bonds is 9. The molecule has 1 saturated carbocycles. The Labute approximate surface area is 116 Å². The van der Waals surface area contributed by atoms with Crippen LogP contribution in [0, 0.1) is 11.8 Å². The molecule has 0 bridgehead atoms. The second kappa shape index (κ2) is 8.76. The third-order valence-corrected chi connectivity index (χ3v) is 4.05. The van der Waals surface area contributed by atoms with Crippen molar-refractivity contribution in [3.05, 3.63) is 0 Å². The number of hydrogen-bond acceptors (Lipinski definition) is 2. The van der Waals surface area contributed by atoms with Crippen molar-refractivity contribution in [1.82, 2.24) is 5.32 Å². The maximum absolute atomic E-state index is 11.6. The van der Waals surface area contributed by atoms with Gasteiger partial charge in [-0.25, -0.2) is 0 Å². The van der Waals surface area contributed by atoms with E-state index in [0.29, 0.717) is 30.2 Å². The summed E-state index contributed by atoms with van der Waals surface area (Å²) in [5.41, 5.74) is 0. The maximum Gasteiger partial charge on any atom is 0.220 e. The number of ether oxygens (including phenoxy) is 1. The molecule has 0 aliphatic heterocycles. The van der Waals surface area contributed by atoms with Gasteiger partial charge >= 0.3 is 0 Å². The van der Waals surface area contributed by atoms with Crippen LogP contribution in [0.4, 0.5) is 0 Å². The van der Waals surface area contributed by atoms with E-state index in [-0.39, 0.29) is 5.91 Å². The minimum absolute atomic E-state index is 0.188. The second-order valence-electron chi connectivity index (χ2n) is 5.37. The molecular formula is C14H26ClNO2. The van der Waals surface area contributed by atoms with Gasteiger partial charge in [0.25, 0.3) is 0 Å². The number of alkyl halides is 1. The van der Waals surface area contributed by atoms with Crippen LogP contribution in [-0.2, 0) is 9.53 Å². The third-order valence-electron chi connectivity index (χ3n) is 3.53. The Balaban J connectivity index is 1.95. The van der Waals surface area contributed by atoms with Gasteiger partial charge in [0, 0.05) is 25.5 Å². The van der Waals surface area contributed by atoms with Crippen molar-refractivity contribution in [3.8, 4) is 0 Å². The molecule has 0 saturated heterocycles. The van der Waals surface area contributed by atoms with Gasteiger partial charge in [-0.15, -0.1) is 11.6 Å². The fourth-order valence-corrected chi connectivity index (χ4v) is 2.46. The average Bonchev–Trinajstić information content (AvgIpc) is 2.31. The van der Waals surface area contributed by atoms with Gasteiger partial charge in [-0.3, -0.25) is 4.79 Å². The predicted molar refractivity (Wildman–Crippen MR) is 74.9 cm³/mol. The van der Waals surface area contributed by atoms with Crippen LogP contribution in [0.3, 0.4) is 0 Å². The van der Waals surface area contributed by atoms with Crippen molar-refractivity contribution >= 4 is 17.5 Å². The van der Waals surface area contributed by atoms with E-state index < -0.39 is 0 Å². The molecule has 0 heterocycles. The van der Waals surface area contributed by atoms with Crippen LogP contribution in [0.25, 0.3) is 0 Å². The molecule has 1 aliphatic rings. The fourth-order valence-electron chi connectivity index (χ4n) is 2.30. The minimum Gasteiger partial charge on any atom is -0.378 e. The highest BCUT2D eigenvalue weighted by Crippen LogP contribution is 2.32. The number of halogens is 1. The van der Waals surface area contributed by atoms with Gasteiger partial charge < -0.3 is 10.1 Å². The molecule has 1 atom stereocenters. The number of hydrogen-bond donors (Lipinski definition) is 1. The van der Waals surface area contributed by atoms with Crippen LogP contribution < -0.4 is 5.32 Å². The van der Waals surface area contributed by atoms with E-state index in [1.807, 2.05) is 6.92 Å². The highest BCUT2D eigenvalue weighted by Gasteiger charge is 2.30. The molecule has 0 spiro atoms. The first kappa shape index (κ1) is 15.8. The summed E-state index contributed by atoms with van der Waals surface area (Å²) in [4.78, 5) is 11.6. The van der Waals surface area contributed by atoms with E-state index in [4.69, 9.17) is 16.3 Å². The quantitative estimate of drug-likeness (QED) is 0.519. The first-order chi connectivity index (χ1) is 8.65. The lowest BCUT2D eigenvalue weighted by molar-refractivity contribution is -0.124. The predicted octanol–water partition coefficient (Wildman–Crippen LogP) is 2.96. The summed E-state index contributed by atoms with van der Waals surface area (Å²) in [5.74, 6) is 1.97. The van der Waals surface area contributed by atoms with Gasteiger partial charge in [0.2, 0.25) is 5.91 Å². The largest absolute Gasteiger partial charge is 0.378 e. The summed E-state index contributed by atoms with van der Waals surface area (Å²) in [6, 6.07) is 0. The molecule has 18 heavy (non-hydrogen) atoms. The third kappa shape index (κ3) is 6.05. The zero-order valence-corrected chi connectivity index (χ0v) is 12.3. The zero-order chi connectivity index (χ0) is 13.4. The summed E-state index contributed by atoms with van der Waals surface area (Å²) in [7, 11) is 0. The number of nitrogens with one attached hydrogen (secondary N) is 1. The Kier molecular flexibility index (Phi) is 7.68. The topological polar surface area (TPSA) is 38.3 Å². The van der Waals surface area contributed by atoms with Crippen molar-refractivity contribution in [1.29, 1.82) is 0 Å². The lowest BCUT2D eigenvalue weighted by atomic mass is 9.80. The van der Waals surface area contributed by atoms with E-state index in [2.05, 4.69) is 12.2 Å². The van der Waals surface area contributed by atoms with Crippen LogP contribution in [0.1, 0.15) is 46.0 Å². The van der Waals surface area contributed by atoms with Crippen molar-refractivity contribution in [2.75, 3.05) is 19.0 Å². The Morgan fingerprint density at radius 3 is 2.83 bits per heavy atom. The van der Waals surface area contributed by atoms with Gasteiger partial charge in [0.05, 0.1) is 6.10 Å². The van der Waals surface area contributed by atoms with Crippen molar-refractivity contribution < 1.29 is 9.53 Å². The second-order valence-corrected chi connectivity index (χ2v) is 5.68. The van der Waals surface area contributed by atoms with Crippen LogP contribution in [0.15, 0.2) is 0 Å². The first-order valence-electron chi connectivity index (χ1n) is 7.10. The van der Waals surface area contributed by atoms with E-state index in [1.165, 1.54) is 0 Å². The van der Waals surface area contributed by atoms with Crippen LogP contribution in [0.2, 0.25) is 0 Å². The summed E-state index contributed by atoms with van der Waals surface area (Å²) < 4.78 is 5.48. The van der Waals surface area contributed by atoms with E-state index in [1.54, 1.807) is 0 Å². The zero-order valence-electron chi connectivity index (χ0n) is 11.6. The van der Waals surface area contributed by atoms with Gasteiger partial charge in [-0.05, 0) is 44.4 Å². The highest BCUT2D eigenvalue weighted by atomic mass is 35.5. The molecule has 1 aliphatic carbocycles. The standard InChI is InChI=1S/C14H26ClNO2/c1-3-18-13-7-12(8-13)9-14(17)16-6-4-5-11(2)10-15/h11-13H,3-10H2,1-2H3,(H,16,17). The molecule has 1 unspecified atom stereocenters. The lowest BCUT2D eigenvalue weighted by Gasteiger charge is -2.34. The van der Waals surface area contributed by atoms with Gasteiger partial charge in [-0.1, -0.05) is 6.92 Å². The number of carbonyl (C=O) groups excluding carboxylic acids is 1. The fraction of sp³-hybridized carbons (Fsp3) is 0.929. The van der Waals surface area contributed by atoms with Crippen LogP contribution in [-0.4, -0.2) is 31.0 Å². The molecule has 0 aromatic rings. The number of amides is 1. The molecule has 106 valence electrons. The number of carbonyl (C=O) groups is 1. The first-order valence-corrected chi connectivity index (χ1v) is 7.63. The summed E-state index contributed by atoms with van der Waals surface area (Å²) in [5, 5.41) is 2.99. The van der Waals surface area contributed by atoms with Crippen molar-refractivity contribution in [2.24, 2.45) is 11.8 Å². The Bertz CT molecular complexity index is 242. The molecule has 1 rings (SSSR count). The molecule has 1 fully saturated rings. The summed E-state index contributed by atoms with van der Waals surface area (Å²) >= 11 is 5.73. The Morgan fingerprint density at radius 2 is 2.22 bits per heavy atom. The van der Waals surface area contributed by atoms with Gasteiger partial charge in [0.15, 0.2) is 0 Å². The molecule has 0 aromatic carbocycles. The van der Waals surface area contributed by atoms with Crippen LogP contribution >= 0.6 is 11.6 Å². The molecule has 0 radical (unpaired) electrons. The molecule has 1 amide bonds. The SMILES string of the molecule is CCOC1CC(CC(=O)NCCCC(C)CCl)C1. The van der Waals surface area contributed by atoms with Gasteiger partial charge in [0.1, 0.15) is 0 Å². The normalized spacial score (nSPS) is 24.4. The molecule has 1 N–H and O–H groups in total. The maximum atomic E-state index is 11.6.